The summed E-state index contributed by atoms with van der Waals surface area (Å²) in [5.41, 5.74) is 5.52. The molecular weight excluding hydrogens is 376 g/mol. The third kappa shape index (κ3) is 3.69. The molecule has 4 aromatic rings. The van der Waals surface area contributed by atoms with Crippen LogP contribution in [0.15, 0.2) is 102 Å². The molecular formula is C24H20N4S. The van der Waals surface area contributed by atoms with Crippen LogP contribution in [0.3, 0.4) is 0 Å². The number of rotatable bonds is 5. The lowest BCUT2D eigenvalue weighted by molar-refractivity contribution is 0.880. The summed E-state index contributed by atoms with van der Waals surface area (Å²) in [7, 11) is 0. The minimum atomic E-state index is 0.901. The highest BCUT2D eigenvalue weighted by molar-refractivity contribution is 8.14. The Hall–Kier alpha value is -3.31. The van der Waals surface area contributed by atoms with Crippen LogP contribution in [0.5, 0.6) is 0 Å². The smallest absolute Gasteiger partial charge is 0.0978 e. The minimum Gasteiger partial charge on any atom is -0.310 e. The lowest BCUT2D eigenvalue weighted by Gasteiger charge is -2.26. The number of thioether (sulfide) groups is 1. The fraction of sp³-hybridized carbons (Fsp3) is 0.0833. The van der Waals surface area contributed by atoms with Gasteiger partial charge in [0.05, 0.1) is 10.7 Å². The van der Waals surface area contributed by atoms with Crippen LogP contribution >= 0.6 is 11.8 Å². The molecule has 0 radical (unpaired) electrons. The van der Waals surface area contributed by atoms with E-state index in [1.165, 1.54) is 5.56 Å². The van der Waals surface area contributed by atoms with Gasteiger partial charge in [-0.25, -0.2) is 4.68 Å². The molecule has 5 rings (SSSR count). The fourth-order valence-electron chi connectivity index (χ4n) is 3.51. The quantitative estimate of drug-likeness (QED) is 0.425. The van der Waals surface area contributed by atoms with Gasteiger partial charge in [0.25, 0.3) is 0 Å². The van der Waals surface area contributed by atoms with Gasteiger partial charge in [-0.05, 0) is 48.5 Å². The molecule has 5 heteroatoms. The molecule has 0 amide bonds. The molecule has 0 bridgehead atoms. The summed E-state index contributed by atoms with van der Waals surface area (Å²) in [4.78, 5) is 6.92. The average Bonchev–Trinajstić information content (AvgIpc) is 3.50. The van der Waals surface area contributed by atoms with Gasteiger partial charge in [0, 0.05) is 47.3 Å². The molecule has 3 aromatic carbocycles. The van der Waals surface area contributed by atoms with Crippen molar-refractivity contribution < 1.29 is 0 Å². The third-order valence-corrected chi connectivity index (χ3v) is 5.83. The monoisotopic (exact) mass is 396 g/mol. The molecule has 0 N–H and O–H groups in total. The highest BCUT2D eigenvalue weighted by Crippen LogP contribution is 2.36. The van der Waals surface area contributed by atoms with Crippen LogP contribution in [0.25, 0.3) is 5.69 Å². The molecule has 2 heterocycles. The van der Waals surface area contributed by atoms with Crippen LogP contribution in [0.2, 0.25) is 0 Å². The van der Waals surface area contributed by atoms with Crippen LogP contribution in [-0.4, -0.2) is 27.1 Å². The Balaban J connectivity index is 1.62. The van der Waals surface area contributed by atoms with Crippen molar-refractivity contribution in [3.8, 4) is 5.69 Å². The first-order valence-electron chi connectivity index (χ1n) is 9.61. The van der Waals surface area contributed by atoms with Crippen LogP contribution in [-0.2, 0) is 0 Å². The average molecular weight is 397 g/mol. The van der Waals surface area contributed by atoms with Gasteiger partial charge in [0.1, 0.15) is 0 Å². The molecule has 142 valence electrons. The van der Waals surface area contributed by atoms with E-state index in [1.54, 1.807) is 6.20 Å². The largest absolute Gasteiger partial charge is 0.310 e. The number of anilines is 3. The first-order chi connectivity index (χ1) is 14.4. The zero-order valence-electron chi connectivity index (χ0n) is 15.8. The number of benzene rings is 3. The van der Waals surface area contributed by atoms with E-state index < -0.39 is 0 Å². The molecule has 0 aliphatic carbocycles. The van der Waals surface area contributed by atoms with Crippen LogP contribution in [0, 0.1) is 0 Å². The van der Waals surface area contributed by atoms with Gasteiger partial charge < -0.3 is 4.90 Å². The maximum atomic E-state index is 4.65. The maximum Gasteiger partial charge on any atom is 0.0978 e. The Morgan fingerprint density at radius 2 is 1.59 bits per heavy atom. The van der Waals surface area contributed by atoms with Crippen molar-refractivity contribution in [1.29, 1.82) is 0 Å². The number of aromatic nitrogens is 2. The fourth-order valence-corrected chi connectivity index (χ4v) is 4.36. The topological polar surface area (TPSA) is 33.4 Å². The summed E-state index contributed by atoms with van der Waals surface area (Å²) in [5, 5.41) is 5.51. The van der Waals surface area contributed by atoms with Crippen molar-refractivity contribution in [2.45, 2.75) is 0 Å². The van der Waals surface area contributed by atoms with Crippen molar-refractivity contribution in [1.82, 2.24) is 9.78 Å². The van der Waals surface area contributed by atoms with Crippen LogP contribution in [0.4, 0.5) is 17.1 Å². The van der Waals surface area contributed by atoms with Gasteiger partial charge in [-0.1, -0.05) is 36.4 Å². The summed E-state index contributed by atoms with van der Waals surface area (Å²) in [6.07, 6.45) is 3.76. The molecule has 1 aliphatic heterocycles. The van der Waals surface area contributed by atoms with Gasteiger partial charge in [0.2, 0.25) is 0 Å². The zero-order valence-corrected chi connectivity index (χ0v) is 16.7. The normalized spacial score (nSPS) is 13.3. The van der Waals surface area contributed by atoms with Gasteiger partial charge in [-0.2, -0.15) is 5.10 Å². The van der Waals surface area contributed by atoms with E-state index in [9.17, 15) is 0 Å². The number of para-hydroxylation sites is 1. The second-order valence-corrected chi connectivity index (χ2v) is 7.81. The summed E-state index contributed by atoms with van der Waals surface area (Å²) in [6.45, 7) is 0.901. The molecule has 0 atom stereocenters. The van der Waals surface area contributed by atoms with Gasteiger partial charge in [-0.3, -0.25) is 4.99 Å². The molecule has 29 heavy (non-hydrogen) atoms. The second kappa shape index (κ2) is 7.97. The predicted octanol–water partition coefficient (Wildman–Crippen LogP) is 5.84. The molecule has 0 saturated carbocycles. The van der Waals surface area contributed by atoms with Crippen molar-refractivity contribution >= 4 is 33.9 Å². The van der Waals surface area contributed by atoms with E-state index in [-0.39, 0.29) is 0 Å². The molecule has 4 nitrogen and oxygen atoms in total. The van der Waals surface area contributed by atoms with Crippen molar-refractivity contribution in [2.75, 3.05) is 17.2 Å². The van der Waals surface area contributed by atoms with E-state index in [1.807, 2.05) is 34.8 Å². The summed E-state index contributed by atoms with van der Waals surface area (Å²) >= 11 is 1.83. The number of nitrogens with zero attached hydrogens (tertiary/aromatic N) is 4. The zero-order chi connectivity index (χ0) is 19.5. The standard InChI is InChI=1S/C24H20N4S/c1-2-8-20(9-3-1)28(22-11-4-7-19(17-22)24-25-14-16-29-24)23-12-5-10-21(18-23)27-15-6-13-26-27/h1-13,15,17-18H,14,16H2. The SMILES string of the molecule is c1ccc(N(c2cccc(C3=NCCS3)c2)c2cccc(-n3cccn3)c2)cc1. The summed E-state index contributed by atoms with van der Waals surface area (Å²) in [5.74, 6) is 1.06. The van der Waals surface area contributed by atoms with E-state index >= 15 is 0 Å². The number of hydrogen-bond acceptors (Lipinski definition) is 4. The Morgan fingerprint density at radius 3 is 2.34 bits per heavy atom. The Kier molecular flexibility index (Phi) is 4.88. The van der Waals surface area contributed by atoms with Crippen LogP contribution < -0.4 is 4.90 Å². The molecule has 0 spiro atoms. The van der Waals surface area contributed by atoms with Crippen molar-refractivity contribution in [3.63, 3.8) is 0 Å². The predicted molar refractivity (Wildman–Crippen MR) is 122 cm³/mol. The molecule has 0 saturated heterocycles. The maximum absolute atomic E-state index is 4.65. The number of aliphatic imine (C=N–C) groups is 1. The Labute approximate surface area is 174 Å². The first kappa shape index (κ1) is 17.8. The van der Waals surface area contributed by atoms with Crippen molar-refractivity contribution in [3.05, 3.63) is 103 Å². The molecule has 0 fully saturated rings. The highest BCUT2D eigenvalue weighted by Gasteiger charge is 2.16. The van der Waals surface area contributed by atoms with Gasteiger partial charge >= 0.3 is 0 Å². The van der Waals surface area contributed by atoms with E-state index in [0.29, 0.717) is 0 Å². The van der Waals surface area contributed by atoms with Crippen molar-refractivity contribution in [2.24, 2.45) is 4.99 Å². The van der Waals surface area contributed by atoms with E-state index in [2.05, 4.69) is 87.8 Å². The number of hydrogen-bond donors (Lipinski definition) is 0. The first-order valence-corrected chi connectivity index (χ1v) is 10.6. The lowest BCUT2D eigenvalue weighted by Crippen LogP contribution is -2.11. The van der Waals surface area contributed by atoms with Gasteiger partial charge in [-0.15, -0.1) is 11.8 Å². The second-order valence-electron chi connectivity index (χ2n) is 6.73. The molecule has 1 aromatic heterocycles. The Morgan fingerprint density at radius 1 is 0.793 bits per heavy atom. The lowest BCUT2D eigenvalue weighted by atomic mass is 10.1. The Bertz CT molecular complexity index is 1140. The van der Waals surface area contributed by atoms with E-state index in [0.717, 1.165) is 40.1 Å². The molecule has 0 unspecified atom stereocenters. The molecule has 1 aliphatic rings. The minimum absolute atomic E-state index is 0.901. The van der Waals surface area contributed by atoms with E-state index in [4.69, 9.17) is 0 Å². The summed E-state index contributed by atoms with van der Waals surface area (Å²) < 4.78 is 1.88. The third-order valence-electron chi connectivity index (χ3n) is 4.81. The van der Waals surface area contributed by atoms with Gasteiger partial charge in [0.15, 0.2) is 0 Å². The summed E-state index contributed by atoms with van der Waals surface area (Å²) in [6, 6.07) is 29.5. The van der Waals surface area contributed by atoms with Crippen LogP contribution in [0.1, 0.15) is 5.56 Å². The highest BCUT2D eigenvalue weighted by atomic mass is 32.2.